The van der Waals surface area contributed by atoms with E-state index < -0.39 is 0 Å². The third kappa shape index (κ3) is 4.79. The summed E-state index contributed by atoms with van der Waals surface area (Å²) >= 11 is 0. The average Bonchev–Trinajstić information content (AvgIpc) is 2.35. The van der Waals surface area contributed by atoms with Gasteiger partial charge in [-0.15, -0.1) is 0 Å². The van der Waals surface area contributed by atoms with Crippen LogP contribution in [0.5, 0.6) is 0 Å². The van der Waals surface area contributed by atoms with Crippen LogP contribution >= 0.6 is 0 Å². The normalized spacial score (nSPS) is 19.1. The highest BCUT2D eigenvalue weighted by Gasteiger charge is 2.16. The molecule has 0 radical (unpaired) electrons. The Morgan fingerprint density at radius 1 is 1.38 bits per heavy atom. The quantitative estimate of drug-likeness (QED) is 0.722. The molecular weight excluding hydrogens is 200 g/mol. The molecule has 1 aliphatic rings. The molecule has 3 heteroatoms. The first-order valence-electron chi connectivity index (χ1n) is 6.34. The van der Waals surface area contributed by atoms with Gasteiger partial charge in [0, 0.05) is 20.0 Å². The van der Waals surface area contributed by atoms with Gasteiger partial charge in [-0.05, 0) is 31.8 Å². The number of likely N-dealkylation sites (tertiary alicyclic amines) is 1. The van der Waals surface area contributed by atoms with Crippen LogP contribution in [0.2, 0.25) is 0 Å². The molecule has 1 N–H and O–H groups in total. The lowest BCUT2D eigenvalue weighted by Crippen LogP contribution is -2.33. The van der Waals surface area contributed by atoms with Gasteiger partial charge >= 0.3 is 0 Å². The first-order valence-corrected chi connectivity index (χ1v) is 6.34. The van der Waals surface area contributed by atoms with Crippen molar-refractivity contribution >= 4 is 5.91 Å². The molecule has 1 aliphatic heterocycles. The van der Waals surface area contributed by atoms with Crippen LogP contribution in [0.15, 0.2) is 12.2 Å². The summed E-state index contributed by atoms with van der Waals surface area (Å²) in [4.78, 5) is 13.4. The summed E-state index contributed by atoms with van der Waals surface area (Å²) in [5.74, 6) is 1.02. The molecule has 1 heterocycles. The van der Waals surface area contributed by atoms with Crippen molar-refractivity contribution in [1.29, 1.82) is 0 Å². The van der Waals surface area contributed by atoms with Crippen molar-refractivity contribution in [1.82, 2.24) is 10.2 Å². The van der Waals surface area contributed by atoms with Gasteiger partial charge in [-0.2, -0.15) is 0 Å². The minimum absolute atomic E-state index is 0.0842. The Balaban J connectivity index is 2.12. The van der Waals surface area contributed by atoms with Crippen LogP contribution in [0.3, 0.4) is 0 Å². The molecule has 0 aromatic rings. The molecular formula is C13H24N2O. The van der Waals surface area contributed by atoms with Crippen molar-refractivity contribution in [2.75, 3.05) is 26.7 Å². The maximum Gasteiger partial charge on any atom is 0.223 e. The van der Waals surface area contributed by atoms with Crippen LogP contribution in [0.25, 0.3) is 0 Å². The minimum Gasteiger partial charge on any atom is -0.359 e. The van der Waals surface area contributed by atoms with E-state index in [1.807, 2.05) is 6.08 Å². The number of nitrogens with one attached hydrogen (secondary N) is 1. The molecule has 92 valence electrons. The second-order valence-corrected chi connectivity index (χ2v) is 4.50. The lowest BCUT2D eigenvalue weighted by Gasteiger charge is -2.30. The Kier molecular flexibility index (Phi) is 6.16. The third-order valence-electron chi connectivity index (χ3n) is 3.40. The molecule has 3 nitrogen and oxygen atoms in total. The topological polar surface area (TPSA) is 32.3 Å². The summed E-state index contributed by atoms with van der Waals surface area (Å²) in [5.41, 5.74) is 0. The Morgan fingerprint density at radius 2 is 2.06 bits per heavy atom. The highest BCUT2D eigenvalue weighted by Crippen LogP contribution is 2.19. The van der Waals surface area contributed by atoms with Crippen LogP contribution < -0.4 is 5.32 Å². The standard InChI is InChI=1S/C13H24N2O/c1-3-12-7-10-15(11-8-12)9-5-4-6-13(16)14-2/h4-5,12H,3,6-11H2,1-2H3,(H,14,16)/b5-4+. The van der Waals surface area contributed by atoms with Gasteiger partial charge in [0.2, 0.25) is 5.91 Å². The number of hydrogen-bond donors (Lipinski definition) is 1. The van der Waals surface area contributed by atoms with Crippen molar-refractivity contribution in [3.63, 3.8) is 0 Å². The van der Waals surface area contributed by atoms with E-state index >= 15 is 0 Å². The molecule has 0 atom stereocenters. The predicted octanol–water partition coefficient (Wildman–Crippen LogP) is 1.80. The van der Waals surface area contributed by atoms with E-state index in [0.29, 0.717) is 6.42 Å². The van der Waals surface area contributed by atoms with Crippen molar-refractivity contribution in [2.24, 2.45) is 5.92 Å². The molecule has 1 saturated heterocycles. The minimum atomic E-state index is 0.0842. The molecule has 0 saturated carbocycles. The first-order chi connectivity index (χ1) is 7.76. The fourth-order valence-corrected chi connectivity index (χ4v) is 2.09. The molecule has 16 heavy (non-hydrogen) atoms. The van der Waals surface area contributed by atoms with Crippen LogP contribution in [0, 0.1) is 5.92 Å². The summed E-state index contributed by atoms with van der Waals surface area (Å²) < 4.78 is 0. The van der Waals surface area contributed by atoms with E-state index in [4.69, 9.17) is 0 Å². The molecule has 0 aromatic heterocycles. The van der Waals surface area contributed by atoms with Gasteiger partial charge in [0.15, 0.2) is 0 Å². The second kappa shape index (κ2) is 7.44. The SMILES string of the molecule is CCC1CCN(C/C=C/CC(=O)NC)CC1. The second-order valence-electron chi connectivity index (χ2n) is 4.50. The molecule has 0 aromatic carbocycles. The molecule has 0 unspecified atom stereocenters. The number of amides is 1. The van der Waals surface area contributed by atoms with E-state index in [1.165, 1.54) is 32.4 Å². The zero-order chi connectivity index (χ0) is 11.8. The Labute approximate surface area is 98.9 Å². The fourth-order valence-electron chi connectivity index (χ4n) is 2.09. The van der Waals surface area contributed by atoms with Gasteiger partial charge in [-0.1, -0.05) is 25.5 Å². The van der Waals surface area contributed by atoms with E-state index in [0.717, 1.165) is 12.5 Å². The zero-order valence-electron chi connectivity index (χ0n) is 10.5. The monoisotopic (exact) mass is 224 g/mol. The highest BCUT2D eigenvalue weighted by molar-refractivity contribution is 5.76. The van der Waals surface area contributed by atoms with Crippen LogP contribution in [-0.4, -0.2) is 37.5 Å². The largest absolute Gasteiger partial charge is 0.359 e. The Bertz CT molecular complexity index is 230. The van der Waals surface area contributed by atoms with Gasteiger partial charge in [-0.3, -0.25) is 9.69 Å². The molecule has 0 aliphatic carbocycles. The van der Waals surface area contributed by atoms with Gasteiger partial charge < -0.3 is 5.32 Å². The summed E-state index contributed by atoms with van der Waals surface area (Å²) in [6.07, 6.45) is 8.56. The maximum atomic E-state index is 11.0. The number of piperidine rings is 1. The highest BCUT2D eigenvalue weighted by atomic mass is 16.1. The lowest BCUT2D eigenvalue weighted by molar-refractivity contribution is -0.119. The summed E-state index contributed by atoms with van der Waals surface area (Å²) in [7, 11) is 1.67. The first kappa shape index (κ1) is 13.2. The number of carbonyl (C=O) groups excluding carboxylic acids is 1. The molecule has 1 fully saturated rings. The summed E-state index contributed by atoms with van der Waals surface area (Å²) in [6, 6.07) is 0. The Morgan fingerprint density at radius 3 is 2.62 bits per heavy atom. The zero-order valence-corrected chi connectivity index (χ0v) is 10.5. The van der Waals surface area contributed by atoms with Crippen LogP contribution in [-0.2, 0) is 4.79 Å². The van der Waals surface area contributed by atoms with Crippen molar-refractivity contribution in [3.8, 4) is 0 Å². The van der Waals surface area contributed by atoms with Gasteiger partial charge in [0.1, 0.15) is 0 Å². The van der Waals surface area contributed by atoms with E-state index in [-0.39, 0.29) is 5.91 Å². The summed E-state index contributed by atoms with van der Waals surface area (Å²) in [6.45, 7) is 5.70. The number of nitrogens with zero attached hydrogens (tertiary/aromatic N) is 1. The van der Waals surface area contributed by atoms with E-state index in [2.05, 4.69) is 23.2 Å². The fraction of sp³-hybridized carbons (Fsp3) is 0.769. The molecule has 0 spiro atoms. The average molecular weight is 224 g/mol. The van der Waals surface area contributed by atoms with Gasteiger partial charge in [0.25, 0.3) is 0 Å². The van der Waals surface area contributed by atoms with Gasteiger partial charge in [-0.25, -0.2) is 0 Å². The van der Waals surface area contributed by atoms with Crippen molar-refractivity contribution in [2.45, 2.75) is 32.6 Å². The Hall–Kier alpha value is -0.830. The van der Waals surface area contributed by atoms with Crippen LogP contribution in [0.1, 0.15) is 32.6 Å². The predicted molar refractivity (Wildman–Crippen MR) is 67.3 cm³/mol. The van der Waals surface area contributed by atoms with Crippen LogP contribution in [0.4, 0.5) is 0 Å². The lowest BCUT2D eigenvalue weighted by atomic mass is 9.94. The number of rotatable bonds is 5. The van der Waals surface area contributed by atoms with E-state index in [1.54, 1.807) is 7.05 Å². The van der Waals surface area contributed by atoms with Crippen molar-refractivity contribution in [3.05, 3.63) is 12.2 Å². The molecule has 0 bridgehead atoms. The molecule has 1 rings (SSSR count). The third-order valence-corrected chi connectivity index (χ3v) is 3.40. The van der Waals surface area contributed by atoms with Crippen molar-refractivity contribution < 1.29 is 4.79 Å². The van der Waals surface area contributed by atoms with E-state index in [9.17, 15) is 4.79 Å². The smallest absolute Gasteiger partial charge is 0.223 e. The number of hydrogen-bond acceptors (Lipinski definition) is 2. The summed E-state index contributed by atoms with van der Waals surface area (Å²) in [5, 5.41) is 2.61. The van der Waals surface area contributed by atoms with Gasteiger partial charge in [0.05, 0.1) is 0 Å². The number of carbonyl (C=O) groups is 1. The maximum absolute atomic E-state index is 11.0. The molecule has 1 amide bonds.